The van der Waals surface area contributed by atoms with Gasteiger partial charge in [0.1, 0.15) is 13.8 Å². The van der Waals surface area contributed by atoms with Gasteiger partial charge in [0.25, 0.3) is 0 Å². The lowest BCUT2D eigenvalue weighted by Crippen LogP contribution is -2.50. The summed E-state index contributed by atoms with van der Waals surface area (Å²) in [5.74, 6) is 3.18. The maximum Gasteiger partial charge on any atom is 0.129 e. The van der Waals surface area contributed by atoms with Crippen LogP contribution in [0.5, 0.6) is 0 Å². The van der Waals surface area contributed by atoms with Crippen molar-refractivity contribution in [3.05, 3.63) is 29.6 Å². The zero-order valence-corrected chi connectivity index (χ0v) is 13.2. The first kappa shape index (κ1) is 14.3. The quantitative estimate of drug-likeness (QED) is 0.624. The molecule has 19 heavy (non-hydrogen) atoms. The third kappa shape index (κ3) is 4.46. The minimum Gasteiger partial charge on any atom is -0.379 e. The number of likely N-dealkylation sites (tertiary alicyclic amines) is 1. The molecule has 0 unspecified atom stereocenters. The fourth-order valence-electron chi connectivity index (χ4n) is 1.90. The zero-order valence-electron chi connectivity index (χ0n) is 12.2. The van der Waals surface area contributed by atoms with E-state index >= 15 is 0 Å². The molecule has 102 valence electrons. The molecule has 1 aromatic rings. The Kier molecular flexibility index (Phi) is 4.41. The molecule has 1 fully saturated rings. The van der Waals surface area contributed by atoms with Gasteiger partial charge in [-0.25, -0.2) is 4.98 Å². The first-order chi connectivity index (χ1) is 8.96. The van der Waals surface area contributed by atoms with E-state index in [1.54, 1.807) is 7.11 Å². The Balaban J connectivity index is 1.90. The minimum atomic E-state index is -1.31. The van der Waals surface area contributed by atoms with E-state index in [2.05, 4.69) is 47.1 Å². The summed E-state index contributed by atoms with van der Waals surface area (Å²) in [7, 11) is 0.462. The van der Waals surface area contributed by atoms with Crippen LogP contribution in [-0.4, -0.2) is 44.3 Å². The van der Waals surface area contributed by atoms with E-state index in [0.717, 1.165) is 25.3 Å². The van der Waals surface area contributed by atoms with E-state index in [0.29, 0.717) is 6.10 Å². The molecular formula is C15H22N2OSi. The topological polar surface area (TPSA) is 25.4 Å². The second-order valence-corrected chi connectivity index (χ2v) is 10.9. The smallest absolute Gasteiger partial charge is 0.129 e. The molecule has 1 aliphatic heterocycles. The molecule has 0 aromatic carbocycles. The van der Waals surface area contributed by atoms with Gasteiger partial charge in [-0.2, -0.15) is 0 Å². The molecule has 0 aliphatic carbocycles. The van der Waals surface area contributed by atoms with Crippen molar-refractivity contribution < 1.29 is 4.74 Å². The lowest BCUT2D eigenvalue weighted by Gasteiger charge is -2.38. The number of hydrogen-bond acceptors (Lipinski definition) is 3. The summed E-state index contributed by atoms with van der Waals surface area (Å²) in [5, 5.41) is 0. The molecule has 2 rings (SSSR count). The summed E-state index contributed by atoms with van der Waals surface area (Å²) in [6, 6.07) is 4.15. The summed E-state index contributed by atoms with van der Waals surface area (Å²) >= 11 is 0. The molecule has 3 nitrogen and oxygen atoms in total. The van der Waals surface area contributed by atoms with E-state index < -0.39 is 8.07 Å². The number of methoxy groups -OCH3 is 1. The first-order valence-corrected chi connectivity index (χ1v) is 10.2. The molecule has 1 aromatic heterocycles. The normalized spacial score (nSPS) is 16.6. The summed E-state index contributed by atoms with van der Waals surface area (Å²) in [4.78, 5) is 6.78. The van der Waals surface area contributed by atoms with Crippen molar-refractivity contribution in [2.24, 2.45) is 0 Å². The van der Waals surface area contributed by atoms with Gasteiger partial charge in [0.2, 0.25) is 0 Å². The Labute approximate surface area is 117 Å². The number of rotatable bonds is 3. The predicted molar refractivity (Wildman–Crippen MR) is 80.5 cm³/mol. The van der Waals surface area contributed by atoms with Gasteiger partial charge in [-0.15, -0.1) is 5.54 Å². The van der Waals surface area contributed by atoms with E-state index in [1.165, 1.54) is 5.56 Å². The van der Waals surface area contributed by atoms with Crippen LogP contribution in [0.25, 0.3) is 0 Å². The highest BCUT2D eigenvalue weighted by molar-refractivity contribution is 6.83. The number of ether oxygens (including phenoxy) is 1. The third-order valence-corrected chi connectivity index (χ3v) is 3.93. The average molecular weight is 274 g/mol. The second-order valence-electron chi connectivity index (χ2n) is 6.10. The second kappa shape index (κ2) is 5.87. The number of nitrogens with zero attached hydrogens (tertiary/aromatic N) is 2. The molecule has 2 heterocycles. The SMILES string of the molecule is COC1CN(Cc2ccc(C#C[Si](C)(C)C)nc2)C1. The monoisotopic (exact) mass is 274 g/mol. The van der Waals surface area contributed by atoms with Gasteiger partial charge in [0.15, 0.2) is 0 Å². The molecular weight excluding hydrogens is 252 g/mol. The molecule has 0 N–H and O–H groups in total. The highest BCUT2D eigenvalue weighted by Crippen LogP contribution is 2.14. The van der Waals surface area contributed by atoms with Crippen molar-refractivity contribution in [3.8, 4) is 11.5 Å². The van der Waals surface area contributed by atoms with Crippen molar-refractivity contribution in [2.45, 2.75) is 32.3 Å². The lowest BCUT2D eigenvalue weighted by atomic mass is 10.1. The fourth-order valence-corrected chi connectivity index (χ4v) is 2.41. The molecule has 1 saturated heterocycles. The predicted octanol–water partition coefficient (Wildman–Crippen LogP) is 2.14. The van der Waals surface area contributed by atoms with Gasteiger partial charge in [-0.05, 0) is 11.6 Å². The Morgan fingerprint density at radius 3 is 2.63 bits per heavy atom. The van der Waals surface area contributed by atoms with Crippen LogP contribution in [-0.2, 0) is 11.3 Å². The first-order valence-electron chi connectivity index (χ1n) is 6.69. The summed E-state index contributed by atoms with van der Waals surface area (Å²) < 4.78 is 5.27. The van der Waals surface area contributed by atoms with Gasteiger partial charge < -0.3 is 4.74 Å². The molecule has 4 heteroatoms. The molecule has 0 radical (unpaired) electrons. The number of pyridine rings is 1. The highest BCUT2D eigenvalue weighted by atomic mass is 28.3. The summed E-state index contributed by atoms with van der Waals surface area (Å²) in [6.45, 7) is 9.72. The average Bonchev–Trinajstić information content (AvgIpc) is 2.31. The summed E-state index contributed by atoms with van der Waals surface area (Å²) in [6.07, 6.45) is 2.35. The lowest BCUT2D eigenvalue weighted by molar-refractivity contribution is -0.0334. The van der Waals surface area contributed by atoms with Gasteiger partial charge >= 0.3 is 0 Å². The van der Waals surface area contributed by atoms with Crippen LogP contribution < -0.4 is 0 Å². The van der Waals surface area contributed by atoms with Crippen LogP contribution in [0.3, 0.4) is 0 Å². The van der Waals surface area contributed by atoms with Gasteiger partial charge in [0.05, 0.1) is 6.10 Å². The molecule has 0 spiro atoms. The summed E-state index contributed by atoms with van der Waals surface area (Å²) in [5.41, 5.74) is 5.46. The minimum absolute atomic E-state index is 0.412. The zero-order chi connectivity index (χ0) is 13.9. The maximum atomic E-state index is 5.27. The van der Waals surface area contributed by atoms with Crippen molar-refractivity contribution in [1.82, 2.24) is 9.88 Å². The van der Waals surface area contributed by atoms with E-state index in [4.69, 9.17) is 4.74 Å². The molecule has 0 amide bonds. The number of aromatic nitrogens is 1. The van der Waals surface area contributed by atoms with Crippen LogP contribution in [0.15, 0.2) is 18.3 Å². The standard InChI is InChI=1S/C15H22N2OSi/c1-18-15-11-17(12-15)10-13-5-6-14(16-9-13)7-8-19(2,3)4/h5-6,9,15H,10-12H2,1-4H3. The van der Waals surface area contributed by atoms with Crippen molar-refractivity contribution >= 4 is 8.07 Å². The van der Waals surface area contributed by atoms with Crippen molar-refractivity contribution in [3.63, 3.8) is 0 Å². The maximum absolute atomic E-state index is 5.27. The Hall–Kier alpha value is -1.15. The molecule has 0 saturated carbocycles. The Morgan fingerprint density at radius 2 is 2.11 bits per heavy atom. The largest absolute Gasteiger partial charge is 0.379 e. The van der Waals surface area contributed by atoms with Crippen molar-refractivity contribution in [1.29, 1.82) is 0 Å². The van der Waals surface area contributed by atoms with Crippen molar-refractivity contribution in [2.75, 3.05) is 20.2 Å². The van der Waals surface area contributed by atoms with Crippen LogP contribution in [0.1, 0.15) is 11.3 Å². The van der Waals surface area contributed by atoms with Gasteiger partial charge in [-0.3, -0.25) is 4.90 Å². The van der Waals surface area contributed by atoms with Crippen LogP contribution >= 0.6 is 0 Å². The Bertz CT molecular complexity index is 476. The van der Waals surface area contributed by atoms with Crippen LogP contribution in [0.2, 0.25) is 19.6 Å². The van der Waals surface area contributed by atoms with Gasteiger partial charge in [0, 0.05) is 32.9 Å². The van der Waals surface area contributed by atoms with Gasteiger partial charge in [-0.1, -0.05) is 31.6 Å². The van der Waals surface area contributed by atoms with E-state index in [-0.39, 0.29) is 0 Å². The number of hydrogen-bond donors (Lipinski definition) is 0. The fraction of sp³-hybridized carbons (Fsp3) is 0.533. The van der Waals surface area contributed by atoms with E-state index in [1.807, 2.05) is 12.3 Å². The van der Waals surface area contributed by atoms with E-state index in [9.17, 15) is 0 Å². The molecule has 0 atom stereocenters. The molecule has 1 aliphatic rings. The van der Waals surface area contributed by atoms with Crippen LogP contribution in [0.4, 0.5) is 0 Å². The highest BCUT2D eigenvalue weighted by Gasteiger charge is 2.25. The van der Waals surface area contributed by atoms with Crippen LogP contribution in [0, 0.1) is 11.5 Å². The molecule has 0 bridgehead atoms. The Morgan fingerprint density at radius 1 is 1.37 bits per heavy atom. The third-order valence-electron chi connectivity index (χ3n) is 3.05.